The van der Waals surface area contributed by atoms with Gasteiger partial charge in [-0.25, -0.2) is 8.42 Å². The zero-order valence-electron chi connectivity index (χ0n) is 17.4. The van der Waals surface area contributed by atoms with Crippen LogP contribution in [0.15, 0.2) is 29.2 Å². The number of amides is 1. The van der Waals surface area contributed by atoms with Gasteiger partial charge in [-0.05, 0) is 45.2 Å². The van der Waals surface area contributed by atoms with Crippen molar-refractivity contribution in [1.82, 2.24) is 9.62 Å². The first-order valence-electron chi connectivity index (χ1n) is 9.74. The summed E-state index contributed by atoms with van der Waals surface area (Å²) >= 11 is 0. The van der Waals surface area contributed by atoms with Crippen molar-refractivity contribution < 1.29 is 32.3 Å². The Morgan fingerprint density at radius 1 is 1.20 bits per heavy atom. The molecule has 1 amide bonds. The minimum atomic E-state index is -3.96. The molecule has 1 fully saturated rings. The van der Waals surface area contributed by atoms with Gasteiger partial charge >= 0.3 is 5.97 Å². The molecule has 1 aromatic carbocycles. The lowest BCUT2D eigenvalue weighted by atomic mass is 10.1. The summed E-state index contributed by atoms with van der Waals surface area (Å²) in [5, 5.41) is 2.62. The Balaban J connectivity index is 2.08. The topological polar surface area (TPSA) is 119 Å². The number of nitrogens with zero attached hydrogens (tertiary/aromatic N) is 1. The van der Waals surface area contributed by atoms with Crippen LogP contribution in [0.2, 0.25) is 0 Å². The van der Waals surface area contributed by atoms with Crippen LogP contribution < -0.4 is 5.32 Å². The smallest absolute Gasteiger partial charge is 0.324 e. The number of Topliss-reactive ketones (excluding diaryl/α,β-unsaturated/α-hetero) is 1. The number of sulfonamides is 1. The van der Waals surface area contributed by atoms with Crippen molar-refractivity contribution in [2.75, 3.05) is 26.9 Å². The van der Waals surface area contributed by atoms with Gasteiger partial charge in [0.15, 0.2) is 12.4 Å². The highest BCUT2D eigenvalue weighted by Crippen LogP contribution is 2.26. The minimum Gasteiger partial charge on any atom is -0.454 e. The van der Waals surface area contributed by atoms with E-state index in [-0.39, 0.29) is 23.3 Å². The second-order valence-corrected chi connectivity index (χ2v) is 9.13. The maximum absolute atomic E-state index is 13.1. The molecule has 2 atom stereocenters. The second-order valence-electron chi connectivity index (χ2n) is 7.24. The molecular weight excluding hydrogens is 412 g/mol. The Bertz CT molecular complexity index is 868. The number of nitrogens with one attached hydrogen (secondary N) is 1. The number of ketones is 1. The summed E-state index contributed by atoms with van der Waals surface area (Å²) in [5.41, 5.74) is 0.400. The average molecular weight is 441 g/mol. The molecule has 0 aliphatic carbocycles. The molecule has 0 saturated carbocycles. The fourth-order valence-corrected chi connectivity index (χ4v) is 4.91. The number of piperidine rings is 1. The van der Waals surface area contributed by atoms with Gasteiger partial charge in [0, 0.05) is 25.3 Å². The number of esters is 1. The van der Waals surface area contributed by atoms with Crippen LogP contribution in [-0.2, 0) is 29.1 Å². The summed E-state index contributed by atoms with van der Waals surface area (Å²) in [6.45, 7) is 3.14. The molecule has 1 aromatic rings. The summed E-state index contributed by atoms with van der Waals surface area (Å²) in [6, 6.07) is 4.35. The molecule has 1 aliphatic heterocycles. The Labute approximate surface area is 176 Å². The minimum absolute atomic E-state index is 0.00154. The van der Waals surface area contributed by atoms with E-state index in [1.54, 1.807) is 6.92 Å². The number of carbonyl (C=O) groups is 3. The van der Waals surface area contributed by atoms with E-state index in [2.05, 4.69) is 5.32 Å². The van der Waals surface area contributed by atoms with E-state index < -0.39 is 34.5 Å². The summed E-state index contributed by atoms with van der Waals surface area (Å²) in [4.78, 5) is 35.9. The largest absolute Gasteiger partial charge is 0.454 e. The fourth-order valence-electron chi connectivity index (χ4n) is 3.27. The van der Waals surface area contributed by atoms with Crippen LogP contribution in [0.1, 0.15) is 43.5 Å². The first-order chi connectivity index (χ1) is 14.2. The number of hydrogen-bond donors (Lipinski definition) is 1. The molecule has 9 nitrogen and oxygen atoms in total. The van der Waals surface area contributed by atoms with Gasteiger partial charge < -0.3 is 14.8 Å². The van der Waals surface area contributed by atoms with Crippen LogP contribution in [0, 0.1) is 0 Å². The van der Waals surface area contributed by atoms with Crippen LogP contribution in [0.25, 0.3) is 0 Å². The maximum Gasteiger partial charge on any atom is 0.324 e. The highest BCUT2D eigenvalue weighted by atomic mass is 32.2. The fraction of sp³-hybridized carbons (Fsp3) is 0.550. The molecule has 30 heavy (non-hydrogen) atoms. The number of hydrogen-bond acceptors (Lipinski definition) is 7. The summed E-state index contributed by atoms with van der Waals surface area (Å²) in [6.07, 6.45) is 1.60. The van der Waals surface area contributed by atoms with E-state index in [1.165, 1.54) is 38.3 Å². The Morgan fingerprint density at radius 2 is 1.87 bits per heavy atom. The summed E-state index contributed by atoms with van der Waals surface area (Å²) in [5.74, 6) is -1.41. The van der Waals surface area contributed by atoms with E-state index in [9.17, 15) is 22.8 Å². The van der Waals surface area contributed by atoms with Gasteiger partial charge in [-0.15, -0.1) is 0 Å². The normalized spacial score (nSPS) is 18.4. The number of carbonyl (C=O) groups excluding carboxylic acids is 3. The van der Waals surface area contributed by atoms with E-state index in [0.717, 1.165) is 4.31 Å². The van der Waals surface area contributed by atoms with Gasteiger partial charge in [0.05, 0.1) is 11.5 Å². The molecule has 1 heterocycles. The molecule has 0 radical (unpaired) electrons. The monoisotopic (exact) mass is 440 g/mol. The Hall–Kier alpha value is -2.30. The molecule has 0 spiro atoms. The van der Waals surface area contributed by atoms with E-state index in [0.29, 0.717) is 31.4 Å². The standard InChI is InChI=1S/C20H28N2O7S/c1-14(12-28-3)21-19(24)13-29-20(25)18-6-4-5-11-22(18)30(26,27)17-9-7-16(8-10-17)15(2)23/h7-10,14,18H,4-6,11-13H2,1-3H3,(H,21,24). The Kier molecular flexibility index (Phi) is 8.51. The molecule has 0 bridgehead atoms. The third kappa shape index (κ3) is 6.10. The van der Waals surface area contributed by atoms with Gasteiger partial charge in [-0.2, -0.15) is 4.31 Å². The quantitative estimate of drug-likeness (QED) is 0.451. The highest BCUT2D eigenvalue weighted by Gasteiger charge is 2.38. The van der Waals surface area contributed by atoms with Gasteiger partial charge in [-0.1, -0.05) is 12.1 Å². The van der Waals surface area contributed by atoms with Gasteiger partial charge in [0.2, 0.25) is 10.0 Å². The first-order valence-corrected chi connectivity index (χ1v) is 11.2. The molecule has 1 saturated heterocycles. The lowest BCUT2D eigenvalue weighted by Gasteiger charge is -2.33. The van der Waals surface area contributed by atoms with Gasteiger partial charge in [0.1, 0.15) is 6.04 Å². The molecule has 0 aromatic heterocycles. The third-order valence-corrected chi connectivity index (χ3v) is 6.69. The SMILES string of the molecule is COCC(C)NC(=O)COC(=O)C1CCCCN1S(=O)(=O)c1ccc(C(C)=O)cc1. The predicted octanol–water partition coefficient (Wildman–Crippen LogP) is 1.13. The molecule has 2 rings (SSSR count). The van der Waals surface area contributed by atoms with Crippen LogP contribution in [-0.4, -0.2) is 69.3 Å². The number of rotatable bonds is 9. The van der Waals surface area contributed by atoms with Crippen LogP contribution in [0.5, 0.6) is 0 Å². The number of benzene rings is 1. The molecule has 2 unspecified atom stereocenters. The van der Waals surface area contributed by atoms with Crippen molar-refractivity contribution in [2.24, 2.45) is 0 Å². The molecule has 10 heteroatoms. The zero-order valence-corrected chi connectivity index (χ0v) is 18.2. The van der Waals surface area contributed by atoms with Crippen molar-refractivity contribution in [3.8, 4) is 0 Å². The van der Waals surface area contributed by atoms with Gasteiger partial charge in [-0.3, -0.25) is 14.4 Å². The predicted molar refractivity (Wildman–Crippen MR) is 108 cm³/mol. The first kappa shape index (κ1) is 24.0. The summed E-state index contributed by atoms with van der Waals surface area (Å²) in [7, 11) is -2.45. The number of methoxy groups -OCH3 is 1. The van der Waals surface area contributed by atoms with Crippen molar-refractivity contribution >= 4 is 27.7 Å². The maximum atomic E-state index is 13.1. The highest BCUT2D eigenvalue weighted by molar-refractivity contribution is 7.89. The Morgan fingerprint density at radius 3 is 2.47 bits per heavy atom. The summed E-state index contributed by atoms with van der Waals surface area (Å²) < 4.78 is 37.3. The van der Waals surface area contributed by atoms with Crippen molar-refractivity contribution in [3.05, 3.63) is 29.8 Å². The van der Waals surface area contributed by atoms with E-state index >= 15 is 0 Å². The second kappa shape index (κ2) is 10.6. The van der Waals surface area contributed by atoms with Crippen LogP contribution >= 0.6 is 0 Å². The molecular formula is C20H28N2O7S. The molecule has 1 aliphatic rings. The van der Waals surface area contributed by atoms with Crippen molar-refractivity contribution in [1.29, 1.82) is 0 Å². The lowest BCUT2D eigenvalue weighted by Crippen LogP contribution is -2.49. The van der Waals surface area contributed by atoms with Crippen LogP contribution in [0.3, 0.4) is 0 Å². The van der Waals surface area contributed by atoms with E-state index in [1.807, 2.05) is 0 Å². The third-order valence-electron chi connectivity index (χ3n) is 4.76. The number of ether oxygens (including phenoxy) is 2. The average Bonchev–Trinajstić information content (AvgIpc) is 2.72. The van der Waals surface area contributed by atoms with Crippen molar-refractivity contribution in [2.45, 2.75) is 50.1 Å². The van der Waals surface area contributed by atoms with Crippen LogP contribution in [0.4, 0.5) is 0 Å². The van der Waals surface area contributed by atoms with Crippen molar-refractivity contribution in [3.63, 3.8) is 0 Å². The van der Waals surface area contributed by atoms with E-state index in [4.69, 9.17) is 9.47 Å². The van der Waals surface area contributed by atoms with Gasteiger partial charge in [0.25, 0.3) is 5.91 Å². The lowest BCUT2D eigenvalue weighted by molar-refractivity contribution is -0.153. The molecule has 1 N–H and O–H groups in total. The molecule has 166 valence electrons. The zero-order chi connectivity index (χ0) is 22.3.